The van der Waals surface area contributed by atoms with Gasteiger partial charge in [-0.1, -0.05) is 0 Å². The van der Waals surface area contributed by atoms with Gasteiger partial charge in [0.15, 0.2) is 17.5 Å². The van der Waals surface area contributed by atoms with Gasteiger partial charge in [0, 0.05) is 32.1 Å². The lowest BCUT2D eigenvalue weighted by Crippen LogP contribution is -2.49. The lowest BCUT2D eigenvalue weighted by atomic mass is 9.80. The lowest BCUT2D eigenvalue weighted by molar-refractivity contribution is -0.132. The zero-order valence-corrected chi connectivity index (χ0v) is 13.7. The monoisotopic (exact) mass is 356 g/mol. The van der Waals surface area contributed by atoms with Gasteiger partial charge in [0.25, 0.3) is 0 Å². The van der Waals surface area contributed by atoms with Crippen LogP contribution in [0.5, 0.6) is 0 Å². The van der Waals surface area contributed by atoms with E-state index in [-0.39, 0.29) is 18.4 Å². The third kappa shape index (κ3) is 3.21. The number of rotatable bonds is 4. The van der Waals surface area contributed by atoms with Crippen LogP contribution < -0.4 is 16.0 Å². The number of nitrogens with one attached hydrogen (secondary N) is 3. The van der Waals surface area contributed by atoms with Crippen molar-refractivity contribution in [3.63, 3.8) is 0 Å². The van der Waals surface area contributed by atoms with Crippen molar-refractivity contribution in [1.82, 2.24) is 15.5 Å². The third-order valence-electron chi connectivity index (χ3n) is 4.87. The highest BCUT2D eigenvalue weighted by Gasteiger charge is 2.53. The number of hydrogen-bond donors (Lipinski definition) is 3. The molecule has 2 amide bonds. The van der Waals surface area contributed by atoms with Gasteiger partial charge >= 0.3 is 0 Å². The standard InChI is InChI=1S/C16H19F3N4O2/c1-23-6-9-4-20-7-16(9,8-23)15(25)21-5-12(24)22-11-3-2-10(17)13(18)14(11)19/h2-3,9,20H,4-8H2,1H3,(H,21,25)(H,22,24)/t9-,16-/m0/s1. The summed E-state index contributed by atoms with van der Waals surface area (Å²) in [5, 5.41) is 7.89. The molecule has 3 N–H and O–H groups in total. The Morgan fingerprint density at radius 1 is 1.32 bits per heavy atom. The summed E-state index contributed by atoms with van der Waals surface area (Å²) < 4.78 is 39.6. The first-order valence-corrected chi connectivity index (χ1v) is 7.94. The molecule has 9 heteroatoms. The number of likely N-dealkylation sites (tertiary alicyclic amines) is 1. The molecule has 1 aromatic carbocycles. The van der Waals surface area contributed by atoms with Gasteiger partial charge in [0.2, 0.25) is 11.8 Å². The molecule has 0 bridgehead atoms. The molecule has 2 aliphatic rings. The molecule has 136 valence electrons. The number of carbonyl (C=O) groups is 2. The van der Waals surface area contributed by atoms with E-state index in [0.29, 0.717) is 19.2 Å². The fraction of sp³-hybridized carbons (Fsp3) is 0.500. The Morgan fingerprint density at radius 3 is 2.84 bits per heavy atom. The minimum atomic E-state index is -1.66. The minimum Gasteiger partial charge on any atom is -0.346 e. The van der Waals surface area contributed by atoms with Crippen LogP contribution in [0.25, 0.3) is 0 Å². The maximum absolute atomic E-state index is 13.6. The summed E-state index contributed by atoms with van der Waals surface area (Å²) in [6, 6.07) is 1.64. The molecule has 6 nitrogen and oxygen atoms in total. The van der Waals surface area contributed by atoms with Crippen LogP contribution in [0.2, 0.25) is 0 Å². The second-order valence-corrected chi connectivity index (χ2v) is 6.63. The first kappa shape index (κ1) is 17.7. The molecule has 0 saturated carbocycles. The van der Waals surface area contributed by atoms with E-state index in [2.05, 4.69) is 20.9 Å². The average molecular weight is 356 g/mol. The second-order valence-electron chi connectivity index (χ2n) is 6.63. The lowest BCUT2D eigenvalue weighted by Gasteiger charge is -2.26. The molecule has 0 radical (unpaired) electrons. The van der Waals surface area contributed by atoms with Crippen molar-refractivity contribution in [3.05, 3.63) is 29.6 Å². The van der Waals surface area contributed by atoms with Crippen molar-refractivity contribution in [2.75, 3.05) is 45.1 Å². The zero-order chi connectivity index (χ0) is 18.2. The van der Waals surface area contributed by atoms with Crippen LogP contribution in [0.4, 0.5) is 18.9 Å². The highest BCUT2D eigenvalue weighted by atomic mass is 19.2. The highest BCUT2D eigenvalue weighted by Crippen LogP contribution is 2.38. The maximum Gasteiger partial charge on any atom is 0.243 e. The molecule has 3 rings (SSSR count). The first-order valence-electron chi connectivity index (χ1n) is 7.94. The molecule has 25 heavy (non-hydrogen) atoms. The van der Waals surface area contributed by atoms with Crippen molar-refractivity contribution < 1.29 is 22.8 Å². The molecule has 1 aromatic rings. The maximum atomic E-state index is 13.6. The number of halogens is 3. The Hall–Kier alpha value is -2.13. The summed E-state index contributed by atoms with van der Waals surface area (Å²) in [7, 11) is 1.94. The molecule has 0 aromatic heterocycles. The Bertz CT molecular complexity index is 715. The number of hydrogen-bond acceptors (Lipinski definition) is 4. The fourth-order valence-corrected chi connectivity index (χ4v) is 3.65. The summed E-state index contributed by atoms with van der Waals surface area (Å²) in [5.41, 5.74) is -1.06. The predicted molar refractivity (Wildman–Crippen MR) is 84.2 cm³/mol. The Labute approximate surface area is 142 Å². The van der Waals surface area contributed by atoms with E-state index in [1.807, 2.05) is 7.05 Å². The van der Waals surface area contributed by atoms with Gasteiger partial charge in [0.1, 0.15) is 0 Å². The number of anilines is 1. The predicted octanol–water partition coefficient (Wildman–Crippen LogP) is 0.310. The van der Waals surface area contributed by atoms with Gasteiger partial charge in [0.05, 0.1) is 17.6 Å². The molecule has 0 spiro atoms. The van der Waals surface area contributed by atoms with Crippen LogP contribution in [0.3, 0.4) is 0 Å². The normalized spacial score (nSPS) is 25.7. The average Bonchev–Trinajstić information content (AvgIpc) is 3.10. The van der Waals surface area contributed by atoms with Crippen LogP contribution in [0.15, 0.2) is 12.1 Å². The zero-order valence-electron chi connectivity index (χ0n) is 13.7. The van der Waals surface area contributed by atoms with Crippen LogP contribution in [0, 0.1) is 28.8 Å². The molecule has 2 fully saturated rings. The van der Waals surface area contributed by atoms with E-state index in [1.165, 1.54) is 0 Å². The molecule has 2 heterocycles. The fourth-order valence-electron chi connectivity index (χ4n) is 3.65. The van der Waals surface area contributed by atoms with Gasteiger partial charge < -0.3 is 20.9 Å². The Balaban J connectivity index is 1.59. The minimum absolute atomic E-state index is 0.171. The Kier molecular flexibility index (Phi) is 4.70. The molecule has 2 saturated heterocycles. The van der Waals surface area contributed by atoms with Gasteiger partial charge in [-0.25, -0.2) is 13.2 Å². The van der Waals surface area contributed by atoms with Crippen molar-refractivity contribution >= 4 is 17.5 Å². The van der Waals surface area contributed by atoms with Gasteiger partial charge in [-0.05, 0) is 19.2 Å². The quantitative estimate of drug-likeness (QED) is 0.679. The molecule has 2 atom stereocenters. The number of nitrogens with zero attached hydrogens (tertiary/aromatic N) is 1. The molecule has 2 aliphatic heterocycles. The number of benzene rings is 1. The Morgan fingerprint density at radius 2 is 2.08 bits per heavy atom. The number of fused-ring (bicyclic) bond motifs is 1. The van der Waals surface area contributed by atoms with Crippen molar-refractivity contribution in [1.29, 1.82) is 0 Å². The second kappa shape index (κ2) is 6.64. The van der Waals surface area contributed by atoms with Crippen LogP contribution >= 0.6 is 0 Å². The van der Waals surface area contributed by atoms with Crippen LogP contribution in [-0.4, -0.2) is 56.5 Å². The molecular weight excluding hydrogens is 337 g/mol. The van der Waals surface area contributed by atoms with Crippen molar-refractivity contribution in [2.45, 2.75) is 0 Å². The molecule has 0 unspecified atom stereocenters. The first-order chi connectivity index (χ1) is 11.8. The smallest absolute Gasteiger partial charge is 0.243 e. The van der Waals surface area contributed by atoms with Gasteiger partial charge in [-0.3, -0.25) is 9.59 Å². The summed E-state index contributed by atoms with van der Waals surface area (Å²) in [6.07, 6.45) is 0. The number of carbonyl (C=O) groups excluding carboxylic acids is 2. The largest absolute Gasteiger partial charge is 0.346 e. The van der Waals surface area contributed by atoms with E-state index < -0.39 is 34.5 Å². The van der Waals surface area contributed by atoms with E-state index in [9.17, 15) is 22.8 Å². The van der Waals surface area contributed by atoms with Crippen molar-refractivity contribution in [3.8, 4) is 0 Å². The summed E-state index contributed by atoms with van der Waals surface area (Å²) in [4.78, 5) is 26.5. The van der Waals surface area contributed by atoms with E-state index in [1.54, 1.807) is 0 Å². The highest BCUT2D eigenvalue weighted by molar-refractivity contribution is 5.95. The van der Waals surface area contributed by atoms with Gasteiger partial charge in [-0.2, -0.15) is 0 Å². The summed E-state index contributed by atoms with van der Waals surface area (Å²) >= 11 is 0. The summed E-state index contributed by atoms with van der Waals surface area (Å²) in [5.74, 6) is -5.26. The van der Waals surface area contributed by atoms with Crippen LogP contribution in [-0.2, 0) is 9.59 Å². The van der Waals surface area contributed by atoms with Crippen molar-refractivity contribution in [2.24, 2.45) is 11.3 Å². The van der Waals surface area contributed by atoms with Crippen LogP contribution in [0.1, 0.15) is 0 Å². The van der Waals surface area contributed by atoms with E-state index >= 15 is 0 Å². The van der Waals surface area contributed by atoms with E-state index in [0.717, 1.165) is 19.2 Å². The van der Waals surface area contributed by atoms with E-state index in [4.69, 9.17) is 0 Å². The molecule has 0 aliphatic carbocycles. The summed E-state index contributed by atoms with van der Waals surface area (Å²) in [6.45, 7) is 2.29. The molecular formula is C16H19F3N4O2. The SMILES string of the molecule is CN1C[C@@H]2CNC[C@]2(C(=O)NCC(=O)Nc2ccc(F)c(F)c2F)C1. The van der Waals surface area contributed by atoms with Gasteiger partial charge in [-0.15, -0.1) is 0 Å². The third-order valence-corrected chi connectivity index (χ3v) is 4.87. The topological polar surface area (TPSA) is 73.5 Å². The number of amides is 2.